The number of fused-ring (bicyclic) bond motifs is 1. The van der Waals surface area contributed by atoms with E-state index in [1.54, 1.807) is 11.3 Å². The molecule has 0 saturated heterocycles. The molecule has 0 aliphatic heterocycles. The molecule has 5 heteroatoms. The lowest BCUT2D eigenvalue weighted by Gasteiger charge is -2.10. The molecule has 2 rings (SSSR count). The second-order valence-corrected chi connectivity index (χ2v) is 11.4. The predicted octanol–water partition coefficient (Wildman–Crippen LogP) is 9.87. The van der Waals surface area contributed by atoms with Gasteiger partial charge in [0.15, 0.2) is 0 Å². The van der Waals surface area contributed by atoms with Crippen molar-refractivity contribution in [2.45, 2.75) is 142 Å². The summed E-state index contributed by atoms with van der Waals surface area (Å²) in [5.74, 6) is 0. The van der Waals surface area contributed by atoms with Crippen molar-refractivity contribution in [1.82, 2.24) is 9.97 Å². The Labute approximate surface area is 232 Å². The lowest BCUT2D eigenvalue weighted by molar-refractivity contribution is 0.128. The van der Waals surface area contributed by atoms with Crippen LogP contribution in [0.25, 0.3) is 11.0 Å². The van der Waals surface area contributed by atoms with E-state index < -0.39 is 0 Å². The minimum Gasteiger partial charge on any atom is -0.381 e. The van der Waals surface area contributed by atoms with Gasteiger partial charge in [-0.15, -0.1) is 11.3 Å². The molecular formula is C32H56N2O2S. The molecule has 2 aromatic rings. The predicted molar refractivity (Wildman–Crippen MR) is 161 cm³/mol. The van der Waals surface area contributed by atoms with Crippen LogP contribution in [0.5, 0.6) is 0 Å². The van der Waals surface area contributed by atoms with Gasteiger partial charge < -0.3 is 9.47 Å². The normalized spacial score (nSPS) is 11.6. The quantitative estimate of drug-likeness (QED) is 0.113. The summed E-state index contributed by atoms with van der Waals surface area (Å²) in [5, 5.41) is 4.19. The van der Waals surface area contributed by atoms with Gasteiger partial charge in [-0.2, -0.15) is 0 Å². The summed E-state index contributed by atoms with van der Waals surface area (Å²) in [7, 11) is 0. The van der Waals surface area contributed by atoms with Crippen molar-refractivity contribution < 1.29 is 9.47 Å². The van der Waals surface area contributed by atoms with Crippen molar-refractivity contribution in [3.63, 3.8) is 0 Å². The number of thiophene rings is 1. The highest BCUT2D eigenvalue weighted by atomic mass is 32.1. The highest BCUT2D eigenvalue weighted by molar-refractivity contribution is 7.09. The van der Waals surface area contributed by atoms with Gasteiger partial charge in [0.2, 0.25) is 0 Å². The molecule has 0 fully saturated rings. The van der Waals surface area contributed by atoms with Crippen molar-refractivity contribution in [3.8, 4) is 0 Å². The third-order valence-corrected chi connectivity index (χ3v) is 7.94. The van der Waals surface area contributed by atoms with Gasteiger partial charge >= 0.3 is 0 Å². The van der Waals surface area contributed by atoms with E-state index in [9.17, 15) is 0 Å². The monoisotopic (exact) mass is 532 g/mol. The van der Waals surface area contributed by atoms with Crippen molar-refractivity contribution in [1.29, 1.82) is 0 Å². The summed E-state index contributed by atoms with van der Waals surface area (Å²) < 4.78 is 11.9. The van der Waals surface area contributed by atoms with Gasteiger partial charge in [0.1, 0.15) is 0 Å². The third-order valence-electron chi connectivity index (χ3n) is 7.22. The summed E-state index contributed by atoms with van der Waals surface area (Å²) in [5.41, 5.74) is 4.20. The Morgan fingerprint density at radius 2 is 0.838 bits per heavy atom. The fourth-order valence-corrected chi connectivity index (χ4v) is 5.52. The van der Waals surface area contributed by atoms with Crippen LogP contribution in [0.3, 0.4) is 0 Å². The minimum atomic E-state index is 0.730. The molecule has 37 heavy (non-hydrogen) atoms. The topological polar surface area (TPSA) is 44.2 Å². The van der Waals surface area contributed by atoms with Crippen LogP contribution in [0.1, 0.15) is 141 Å². The minimum absolute atomic E-state index is 0.730. The molecule has 0 aromatic carbocycles. The van der Waals surface area contributed by atoms with Crippen LogP contribution in [0.4, 0.5) is 0 Å². The molecule has 4 nitrogen and oxygen atoms in total. The van der Waals surface area contributed by atoms with Gasteiger partial charge in [0, 0.05) is 36.8 Å². The molecule has 0 spiro atoms. The highest BCUT2D eigenvalue weighted by Gasteiger charge is 2.10. The third kappa shape index (κ3) is 15.8. The Bertz CT molecular complexity index is 717. The zero-order chi connectivity index (χ0) is 26.2. The first-order valence-electron chi connectivity index (χ1n) is 15.7. The average Bonchev–Trinajstić information content (AvgIpc) is 3.37. The van der Waals surface area contributed by atoms with Crippen LogP contribution in [-0.4, -0.2) is 36.4 Å². The molecule has 2 heterocycles. The number of nitrogens with zero attached hydrogens (tertiary/aromatic N) is 2. The fraction of sp³-hybridized carbons (Fsp3) is 0.812. The first-order chi connectivity index (χ1) is 18.3. The molecule has 0 unspecified atom stereocenters. The molecular weight excluding hydrogens is 476 g/mol. The van der Waals surface area contributed by atoms with Crippen molar-refractivity contribution >= 4 is 22.4 Å². The average molecular weight is 533 g/mol. The number of hydrogen-bond donors (Lipinski definition) is 0. The second kappa shape index (κ2) is 22.9. The Balaban J connectivity index is 1.55. The molecule has 0 bridgehead atoms. The van der Waals surface area contributed by atoms with Crippen LogP contribution in [-0.2, 0) is 22.3 Å². The highest BCUT2D eigenvalue weighted by Crippen LogP contribution is 2.18. The van der Waals surface area contributed by atoms with E-state index in [2.05, 4.69) is 24.6 Å². The van der Waals surface area contributed by atoms with Gasteiger partial charge in [0.05, 0.1) is 35.6 Å². The summed E-state index contributed by atoms with van der Waals surface area (Å²) in [4.78, 5) is 9.82. The van der Waals surface area contributed by atoms with Gasteiger partial charge in [-0.1, -0.05) is 117 Å². The maximum Gasteiger partial charge on any atom is 0.0997 e. The largest absolute Gasteiger partial charge is 0.381 e. The van der Waals surface area contributed by atoms with E-state index in [-0.39, 0.29) is 0 Å². The molecule has 0 aliphatic carbocycles. The van der Waals surface area contributed by atoms with Gasteiger partial charge in [-0.25, -0.2) is 9.97 Å². The molecule has 0 atom stereocenters. The lowest BCUT2D eigenvalue weighted by atomic mass is 10.1. The summed E-state index contributed by atoms with van der Waals surface area (Å²) in [6.45, 7) is 7.74. The van der Waals surface area contributed by atoms with Crippen LogP contribution in [0, 0.1) is 0 Å². The zero-order valence-electron chi connectivity index (χ0n) is 24.2. The maximum atomic E-state index is 5.97. The standard InChI is InChI=1S/C32H56N2O2S/c1-3-5-7-9-11-13-15-17-19-23-35-25-21-29-30(34-32-28-37-27-31(32)33-29)22-26-36-24-20-18-16-14-12-10-8-6-4-2/h27-28H,3-26H2,1-2H3. The van der Waals surface area contributed by atoms with Gasteiger partial charge in [0.25, 0.3) is 0 Å². The van der Waals surface area contributed by atoms with E-state index in [4.69, 9.17) is 19.4 Å². The van der Waals surface area contributed by atoms with Crippen molar-refractivity contribution in [2.75, 3.05) is 26.4 Å². The van der Waals surface area contributed by atoms with E-state index in [0.29, 0.717) is 0 Å². The van der Waals surface area contributed by atoms with Crippen LogP contribution in [0.2, 0.25) is 0 Å². The Kier molecular flexibility index (Phi) is 19.9. The molecule has 0 aliphatic rings. The lowest BCUT2D eigenvalue weighted by Crippen LogP contribution is -2.10. The second-order valence-electron chi connectivity index (χ2n) is 10.6. The SMILES string of the molecule is CCCCCCCCCCCOCCc1nc2cscc2nc1CCOCCCCCCCCCCC. The van der Waals surface area contributed by atoms with E-state index in [1.807, 2.05) is 0 Å². The van der Waals surface area contributed by atoms with Crippen molar-refractivity contribution in [2.24, 2.45) is 0 Å². The summed E-state index contributed by atoms with van der Waals surface area (Å²) >= 11 is 1.68. The molecule has 212 valence electrons. The number of ether oxygens (including phenoxy) is 2. The van der Waals surface area contributed by atoms with E-state index in [1.165, 1.54) is 116 Å². The number of hydrogen-bond acceptors (Lipinski definition) is 5. The molecule has 0 saturated carbocycles. The van der Waals surface area contributed by atoms with Gasteiger partial charge in [-0.05, 0) is 12.8 Å². The van der Waals surface area contributed by atoms with Crippen LogP contribution in [0.15, 0.2) is 10.8 Å². The smallest absolute Gasteiger partial charge is 0.0997 e. The molecule has 0 radical (unpaired) electrons. The molecule has 2 aromatic heterocycles. The first-order valence-corrected chi connectivity index (χ1v) is 16.7. The zero-order valence-corrected chi connectivity index (χ0v) is 25.1. The summed E-state index contributed by atoms with van der Waals surface area (Å²) in [6.07, 6.45) is 25.9. The van der Waals surface area contributed by atoms with Crippen LogP contribution < -0.4 is 0 Å². The Hall–Kier alpha value is -1.04. The van der Waals surface area contributed by atoms with Crippen LogP contribution >= 0.6 is 11.3 Å². The van der Waals surface area contributed by atoms with E-state index >= 15 is 0 Å². The first kappa shape index (κ1) is 32.2. The number of unbranched alkanes of at least 4 members (excludes halogenated alkanes) is 16. The molecule has 0 amide bonds. The fourth-order valence-electron chi connectivity index (χ4n) is 4.84. The Morgan fingerprint density at radius 3 is 1.22 bits per heavy atom. The Morgan fingerprint density at radius 1 is 0.486 bits per heavy atom. The number of rotatable bonds is 26. The van der Waals surface area contributed by atoms with E-state index in [0.717, 1.165) is 61.7 Å². The molecule has 0 N–H and O–H groups in total. The summed E-state index contributed by atoms with van der Waals surface area (Å²) in [6, 6.07) is 0. The van der Waals surface area contributed by atoms with Crippen molar-refractivity contribution in [3.05, 3.63) is 22.1 Å². The van der Waals surface area contributed by atoms with Gasteiger partial charge in [-0.3, -0.25) is 0 Å². The maximum absolute atomic E-state index is 5.97. The number of aromatic nitrogens is 2.